The molecule has 1 heterocycles. The van der Waals surface area contributed by atoms with E-state index in [9.17, 15) is 0 Å². The summed E-state index contributed by atoms with van der Waals surface area (Å²) in [5, 5.41) is 14.9. The quantitative estimate of drug-likeness (QED) is 0.301. The Kier molecular flexibility index (Phi) is 3.95. The van der Waals surface area contributed by atoms with Crippen molar-refractivity contribution in [2.45, 2.75) is 5.92 Å². The minimum atomic E-state index is 0.131. The summed E-state index contributed by atoms with van der Waals surface area (Å²) in [5.41, 5.74) is 7.43. The number of nitrogens with two attached hydrogens (primary N) is 1. The molecule has 1 aliphatic heterocycles. The molecule has 4 N–H and O–H groups in total. The second-order valence-corrected chi connectivity index (χ2v) is 4.08. The molecule has 1 fully saturated rings. The summed E-state index contributed by atoms with van der Waals surface area (Å²) in [4.78, 5) is 0. The first-order valence-corrected chi connectivity index (χ1v) is 5.67. The van der Waals surface area contributed by atoms with E-state index in [4.69, 9.17) is 15.7 Å². The Morgan fingerprint density at radius 3 is 2.88 bits per heavy atom. The molecule has 0 bridgehead atoms. The summed E-state index contributed by atoms with van der Waals surface area (Å²) in [5.74, 6) is 0.491. The molecule has 2 rings (SSSR count). The van der Waals surface area contributed by atoms with Gasteiger partial charge in [0.2, 0.25) is 0 Å². The number of rotatable bonds is 2. The van der Waals surface area contributed by atoms with Gasteiger partial charge < -0.3 is 21.0 Å². The van der Waals surface area contributed by atoms with Crippen molar-refractivity contribution in [1.29, 1.82) is 0 Å². The van der Waals surface area contributed by atoms with Crippen LogP contribution in [0.5, 0.6) is 0 Å². The van der Waals surface area contributed by atoms with Crippen LogP contribution in [-0.4, -0.2) is 37.3 Å². The molecule has 92 valence electrons. The van der Waals surface area contributed by atoms with E-state index >= 15 is 0 Å². The molecule has 17 heavy (non-hydrogen) atoms. The summed E-state index contributed by atoms with van der Waals surface area (Å²) >= 11 is 0. The monoisotopic (exact) mass is 235 g/mol. The average Bonchev–Trinajstić information content (AvgIpc) is 2.67. The van der Waals surface area contributed by atoms with Crippen LogP contribution in [0.15, 0.2) is 29.4 Å². The van der Waals surface area contributed by atoms with Crippen molar-refractivity contribution >= 4 is 5.84 Å². The lowest BCUT2D eigenvalue weighted by molar-refractivity contribution is 0.141. The average molecular weight is 235 g/mol. The molecule has 0 saturated carbocycles. The number of amidine groups is 1. The molecule has 0 spiro atoms. The summed E-state index contributed by atoms with van der Waals surface area (Å²) in [7, 11) is 0. The zero-order chi connectivity index (χ0) is 12.1. The minimum Gasteiger partial charge on any atom is -0.409 e. The van der Waals surface area contributed by atoms with Crippen molar-refractivity contribution < 1.29 is 9.94 Å². The van der Waals surface area contributed by atoms with Gasteiger partial charge in [0.05, 0.1) is 13.2 Å². The molecule has 5 heteroatoms. The van der Waals surface area contributed by atoms with Crippen molar-refractivity contribution in [3.05, 3.63) is 35.4 Å². The normalized spacial score (nSPS) is 22.1. The highest BCUT2D eigenvalue weighted by Gasteiger charge is 2.14. The zero-order valence-electron chi connectivity index (χ0n) is 9.60. The molecule has 1 saturated heterocycles. The van der Waals surface area contributed by atoms with Crippen LogP contribution in [0.4, 0.5) is 0 Å². The Morgan fingerprint density at radius 1 is 1.41 bits per heavy atom. The summed E-state index contributed by atoms with van der Waals surface area (Å²) in [6.07, 6.45) is 0. The van der Waals surface area contributed by atoms with Gasteiger partial charge in [0.15, 0.2) is 5.84 Å². The van der Waals surface area contributed by atoms with Gasteiger partial charge in [-0.2, -0.15) is 0 Å². The summed E-state index contributed by atoms with van der Waals surface area (Å²) < 4.78 is 5.51. The van der Waals surface area contributed by atoms with Gasteiger partial charge in [-0.25, -0.2) is 0 Å². The van der Waals surface area contributed by atoms with Crippen LogP contribution < -0.4 is 11.1 Å². The van der Waals surface area contributed by atoms with Gasteiger partial charge in [0.25, 0.3) is 0 Å². The van der Waals surface area contributed by atoms with Gasteiger partial charge in [-0.3, -0.25) is 0 Å². The molecular weight excluding hydrogens is 218 g/mol. The number of ether oxygens (including phenoxy) is 1. The highest BCUT2D eigenvalue weighted by Crippen LogP contribution is 2.17. The maximum Gasteiger partial charge on any atom is 0.170 e. The second kappa shape index (κ2) is 5.65. The first-order chi connectivity index (χ1) is 8.31. The molecule has 1 aromatic rings. The molecule has 0 radical (unpaired) electrons. The number of hydrogen-bond acceptors (Lipinski definition) is 4. The highest BCUT2D eigenvalue weighted by atomic mass is 16.5. The van der Waals surface area contributed by atoms with Gasteiger partial charge >= 0.3 is 0 Å². The molecular formula is C12H17N3O2. The van der Waals surface area contributed by atoms with Gasteiger partial charge in [-0.15, -0.1) is 0 Å². The van der Waals surface area contributed by atoms with Crippen LogP contribution >= 0.6 is 0 Å². The summed E-state index contributed by atoms with van der Waals surface area (Å²) in [6, 6.07) is 7.70. The third-order valence-electron chi connectivity index (χ3n) is 2.92. The van der Waals surface area contributed by atoms with E-state index in [0.717, 1.165) is 31.9 Å². The maximum absolute atomic E-state index is 8.58. The van der Waals surface area contributed by atoms with Crippen LogP contribution in [0.25, 0.3) is 0 Å². The van der Waals surface area contributed by atoms with Crippen LogP contribution in [0.2, 0.25) is 0 Å². The predicted octanol–water partition coefficient (Wildman–Crippen LogP) is 0.484. The van der Waals surface area contributed by atoms with E-state index in [1.807, 2.05) is 24.3 Å². The predicted molar refractivity (Wildman–Crippen MR) is 65.4 cm³/mol. The van der Waals surface area contributed by atoms with E-state index in [1.54, 1.807) is 0 Å². The lowest BCUT2D eigenvalue weighted by Crippen LogP contribution is -2.21. The van der Waals surface area contributed by atoms with Crippen LogP contribution in [0.3, 0.4) is 0 Å². The van der Waals surface area contributed by atoms with Gasteiger partial charge in [-0.1, -0.05) is 29.4 Å². The second-order valence-electron chi connectivity index (χ2n) is 4.08. The van der Waals surface area contributed by atoms with Crippen LogP contribution in [0.1, 0.15) is 17.0 Å². The Morgan fingerprint density at radius 2 is 2.18 bits per heavy atom. The first kappa shape index (κ1) is 11.9. The van der Waals surface area contributed by atoms with Gasteiger partial charge in [0.1, 0.15) is 0 Å². The third-order valence-corrected chi connectivity index (χ3v) is 2.92. The van der Waals surface area contributed by atoms with E-state index in [0.29, 0.717) is 5.92 Å². The molecule has 5 nitrogen and oxygen atoms in total. The lowest BCUT2D eigenvalue weighted by Gasteiger charge is -2.14. The largest absolute Gasteiger partial charge is 0.409 e. The van der Waals surface area contributed by atoms with E-state index in [-0.39, 0.29) is 5.84 Å². The van der Waals surface area contributed by atoms with E-state index in [1.165, 1.54) is 5.56 Å². The molecule has 1 aromatic carbocycles. The molecule has 0 amide bonds. The Balaban J connectivity index is 2.11. The number of hydrogen-bond donors (Lipinski definition) is 3. The zero-order valence-corrected chi connectivity index (χ0v) is 9.60. The fourth-order valence-electron chi connectivity index (χ4n) is 1.90. The van der Waals surface area contributed by atoms with E-state index in [2.05, 4.69) is 10.5 Å². The Hall–Kier alpha value is -1.59. The molecule has 1 atom stereocenters. The number of nitrogens with one attached hydrogen (secondary N) is 1. The number of nitrogens with zero attached hydrogens (tertiary/aromatic N) is 1. The maximum atomic E-state index is 8.58. The van der Waals surface area contributed by atoms with Crippen molar-refractivity contribution in [3.63, 3.8) is 0 Å². The van der Waals surface area contributed by atoms with Crippen LogP contribution in [-0.2, 0) is 4.74 Å². The third kappa shape index (κ3) is 2.95. The van der Waals surface area contributed by atoms with Crippen molar-refractivity contribution in [3.8, 4) is 0 Å². The van der Waals surface area contributed by atoms with Crippen LogP contribution in [0, 0.1) is 0 Å². The summed E-state index contributed by atoms with van der Waals surface area (Å²) in [6.45, 7) is 3.32. The van der Waals surface area contributed by atoms with Gasteiger partial charge in [-0.05, 0) is 5.56 Å². The number of oxime groups is 1. The number of benzene rings is 1. The fourth-order valence-corrected chi connectivity index (χ4v) is 1.90. The van der Waals surface area contributed by atoms with E-state index < -0.39 is 0 Å². The van der Waals surface area contributed by atoms with Crippen molar-refractivity contribution in [1.82, 2.24) is 5.32 Å². The standard InChI is InChI=1S/C12H17N3O2/c13-12(15-16)10-3-1-9(2-4-10)11-7-14-5-6-17-8-11/h1-4,11,14,16H,5-8H2,(H2,13,15). The molecule has 0 aromatic heterocycles. The molecule has 0 aliphatic carbocycles. The Bertz CT molecular complexity index is 381. The fraction of sp³-hybridized carbons (Fsp3) is 0.417. The Labute approximate surface area is 100 Å². The lowest BCUT2D eigenvalue weighted by atomic mass is 9.98. The molecule has 1 unspecified atom stereocenters. The van der Waals surface area contributed by atoms with Crippen molar-refractivity contribution in [2.24, 2.45) is 10.9 Å². The first-order valence-electron chi connectivity index (χ1n) is 5.67. The van der Waals surface area contributed by atoms with Crippen molar-refractivity contribution in [2.75, 3.05) is 26.3 Å². The topological polar surface area (TPSA) is 79.9 Å². The molecule has 1 aliphatic rings. The highest BCUT2D eigenvalue weighted by molar-refractivity contribution is 5.96. The SMILES string of the molecule is NC(=NO)c1ccc(C2CNCCOC2)cc1. The smallest absolute Gasteiger partial charge is 0.170 e. The minimum absolute atomic E-state index is 0.131. The van der Waals surface area contributed by atoms with Gasteiger partial charge in [0, 0.05) is 24.6 Å².